The first-order chi connectivity index (χ1) is 8.38. The molecule has 0 saturated heterocycles. The van der Waals surface area contributed by atoms with Gasteiger partial charge in [0.15, 0.2) is 0 Å². The first kappa shape index (κ1) is 16.0. The lowest BCUT2D eigenvalue weighted by Crippen LogP contribution is -2.34. The van der Waals surface area contributed by atoms with Gasteiger partial charge in [-0.3, -0.25) is 0 Å². The maximum Gasteiger partial charge on any atom is 0.00104 e. The van der Waals surface area contributed by atoms with E-state index in [1.165, 1.54) is 51.5 Å². The van der Waals surface area contributed by atoms with E-state index in [4.69, 9.17) is 0 Å². The van der Waals surface area contributed by atoms with Crippen LogP contribution in [0.2, 0.25) is 0 Å². The first-order valence-corrected chi connectivity index (χ1v) is 8.12. The summed E-state index contributed by atoms with van der Waals surface area (Å²) in [4.78, 5) is 0. The highest BCUT2D eigenvalue weighted by molar-refractivity contribution is 4.78. The summed E-state index contributed by atoms with van der Waals surface area (Å²) >= 11 is 0. The van der Waals surface area contributed by atoms with Crippen LogP contribution in [0, 0.1) is 17.3 Å². The summed E-state index contributed by atoms with van der Waals surface area (Å²) in [5.74, 6) is 1.94. The number of nitrogens with one attached hydrogen (secondary N) is 1. The maximum atomic E-state index is 3.65. The Hall–Kier alpha value is -0.0400. The van der Waals surface area contributed by atoms with Gasteiger partial charge in [-0.05, 0) is 36.6 Å². The predicted octanol–water partition coefficient (Wildman–Crippen LogP) is 5.01. The Labute approximate surface area is 115 Å². The van der Waals surface area contributed by atoms with Crippen molar-refractivity contribution in [2.24, 2.45) is 17.3 Å². The topological polar surface area (TPSA) is 12.0 Å². The maximum absolute atomic E-state index is 3.65. The van der Waals surface area contributed by atoms with Crippen molar-refractivity contribution < 1.29 is 0 Å². The van der Waals surface area contributed by atoms with Gasteiger partial charge in [-0.2, -0.15) is 0 Å². The van der Waals surface area contributed by atoms with Crippen LogP contribution in [-0.4, -0.2) is 12.6 Å². The molecule has 108 valence electrons. The molecule has 1 nitrogen and oxygen atoms in total. The Kier molecular flexibility index (Phi) is 6.70. The molecule has 0 aromatic rings. The van der Waals surface area contributed by atoms with E-state index in [2.05, 4.69) is 39.9 Å². The van der Waals surface area contributed by atoms with Crippen LogP contribution in [0.25, 0.3) is 0 Å². The molecular weight excluding hydrogens is 218 g/mol. The third-order valence-electron chi connectivity index (χ3n) is 4.36. The van der Waals surface area contributed by atoms with Crippen LogP contribution in [0.15, 0.2) is 0 Å². The van der Waals surface area contributed by atoms with Crippen LogP contribution in [-0.2, 0) is 0 Å². The van der Waals surface area contributed by atoms with E-state index in [1.807, 2.05) is 0 Å². The van der Waals surface area contributed by atoms with Gasteiger partial charge in [0.2, 0.25) is 0 Å². The lowest BCUT2D eigenvalue weighted by atomic mass is 9.75. The summed E-state index contributed by atoms with van der Waals surface area (Å²) in [6.07, 6.45) is 10.1. The minimum Gasteiger partial charge on any atom is -0.314 e. The van der Waals surface area contributed by atoms with Gasteiger partial charge in [0.25, 0.3) is 0 Å². The molecule has 0 heterocycles. The molecule has 1 aliphatic carbocycles. The molecule has 0 spiro atoms. The lowest BCUT2D eigenvalue weighted by molar-refractivity contribution is 0.202. The molecule has 0 aromatic carbocycles. The Morgan fingerprint density at radius 1 is 1.06 bits per heavy atom. The zero-order valence-corrected chi connectivity index (χ0v) is 13.4. The summed E-state index contributed by atoms with van der Waals surface area (Å²) in [5, 5.41) is 3.65. The fourth-order valence-corrected chi connectivity index (χ4v) is 3.21. The van der Waals surface area contributed by atoms with Crippen molar-refractivity contribution in [3.63, 3.8) is 0 Å². The van der Waals surface area contributed by atoms with E-state index in [-0.39, 0.29) is 0 Å². The zero-order chi connectivity index (χ0) is 13.6. The second-order valence-corrected chi connectivity index (χ2v) is 7.82. The number of hydrogen-bond acceptors (Lipinski definition) is 1. The molecule has 1 rings (SSSR count). The summed E-state index contributed by atoms with van der Waals surface area (Å²) < 4.78 is 0. The minimum atomic E-state index is 0.514. The normalized spacial score (nSPS) is 25.7. The Morgan fingerprint density at radius 3 is 2.22 bits per heavy atom. The van der Waals surface area contributed by atoms with Gasteiger partial charge in [-0.15, -0.1) is 0 Å². The minimum absolute atomic E-state index is 0.514. The van der Waals surface area contributed by atoms with E-state index < -0.39 is 0 Å². The smallest absolute Gasteiger partial charge is 0.00104 e. The Bertz CT molecular complexity index is 214. The third-order valence-corrected chi connectivity index (χ3v) is 4.36. The molecule has 1 heteroatoms. The van der Waals surface area contributed by atoms with Crippen LogP contribution in [0.4, 0.5) is 0 Å². The van der Waals surface area contributed by atoms with Crippen molar-refractivity contribution in [2.45, 2.75) is 85.6 Å². The van der Waals surface area contributed by atoms with E-state index in [0.29, 0.717) is 11.5 Å². The van der Waals surface area contributed by atoms with Gasteiger partial charge in [0.1, 0.15) is 0 Å². The van der Waals surface area contributed by atoms with Gasteiger partial charge in [-0.1, -0.05) is 66.7 Å². The molecule has 2 atom stereocenters. The average Bonchev–Trinajstić information content (AvgIpc) is 2.26. The van der Waals surface area contributed by atoms with E-state index in [0.717, 1.165) is 11.8 Å². The van der Waals surface area contributed by atoms with Crippen molar-refractivity contribution in [3.8, 4) is 0 Å². The molecule has 0 radical (unpaired) electrons. The number of hydrogen-bond donors (Lipinski definition) is 1. The monoisotopic (exact) mass is 253 g/mol. The van der Waals surface area contributed by atoms with Gasteiger partial charge >= 0.3 is 0 Å². The standard InChI is InChI=1S/C17H35N/c1-14(2)18-13-16-10-7-6-9-15(16)11-8-12-17(3,4)5/h14-16,18H,6-13H2,1-5H3. The van der Waals surface area contributed by atoms with E-state index in [1.54, 1.807) is 0 Å². The molecule has 0 bridgehead atoms. The molecule has 1 aliphatic rings. The summed E-state index contributed by atoms with van der Waals surface area (Å²) in [5.41, 5.74) is 0.514. The molecule has 0 aromatic heterocycles. The van der Waals surface area contributed by atoms with Gasteiger partial charge in [0.05, 0.1) is 0 Å². The first-order valence-electron chi connectivity index (χ1n) is 8.12. The molecule has 1 fully saturated rings. The quantitative estimate of drug-likeness (QED) is 0.702. The summed E-state index contributed by atoms with van der Waals surface area (Å²) in [6.45, 7) is 12.9. The highest BCUT2D eigenvalue weighted by Crippen LogP contribution is 2.34. The summed E-state index contributed by atoms with van der Waals surface area (Å²) in [7, 11) is 0. The third kappa shape index (κ3) is 6.78. The lowest BCUT2D eigenvalue weighted by Gasteiger charge is -2.33. The van der Waals surface area contributed by atoms with Crippen LogP contribution < -0.4 is 5.32 Å². The van der Waals surface area contributed by atoms with E-state index in [9.17, 15) is 0 Å². The number of rotatable bonds is 6. The molecule has 0 aliphatic heterocycles. The van der Waals surface area contributed by atoms with Crippen molar-refractivity contribution in [1.29, 1.82) is 0 Å². The van der Waals surface area contributed by atoms with Crippen LogP contribution in [0.5, 0.6) is 0 Å². The fourth-order valence-electron chi connectivity index (χ4n) is 3.21. The van der Waals surface area contributed by atoms with Crippen molar-refractivity contribution in [1.82, 2.24) is 5.32 Å². The van der Waals surface area contributed by atoms with Crippen LogP contribution >= 0.6 is 0 Å². The Morgan fingerprint density at radius 2 is 1.67 bits per heavy atom. The van der Waals surface area contributed by atoms with Crippen molar-refractivity contribution in [3.05, 3.63) is 0 Å². The van der Waals surface area contributed by atoms with Gasteiger partial charge in [0, 0.05) is 6.04 Å². The van der Waals surface area contributed by atoms with Gasteiger partial charge in [-0.25, -0.2) is 0 Å². The van der Waals surface area contributed by atoms with Crippen molar-refractivity contribution in [2.75, 3.05) is 6.54 Å². The average molecular weight is 253 g/mol. The second kappa shape index (κ2) is 7.53. The fraction of sp³-hybridized carbons (Fsp3) is 1.00. The molecule has 2 unspecified atom stereocenters. The van der Waals surface area contributed by atoms with Crippen LogP contribution in [0.3, 0.4) is 0 Å². The molecule has 1 saturated carbocycles. The molecule has 0 amide bonds. The van der Waals surface area contributed by atoms with Gasteiger partial charge < -0.3 is 5.32 Å². The molecule has 18 heavy (non-hydrogen) atoms. The molecule has 1 N–H and O–H groups in total. The van der Waals surface area contributed by atoms with Crippen LogP contribution in [0.1, 0.15) is 79.6 Å². The predicted molar refractivity (Wildman–Crippen MR) is 81.9 cm³/mol. The summed E-state index contributed by atoms with van der Waals surface area (Å²) in [6, 6.07) is 0.641. The largest absolute Gasteiger partial charge is 0.314 e. The highest BCUT2D eigenvalue weighted by Gasteiger charge is 2.25. The van der Waals surface area contributed by atoms with E-state index >= 15 is 0 Å². The highest BCUT2D eigenvalue weighted by atomic mass is 14.9. The molecular formula is C17H35N. The second-order valence-electron chi connectivity index (χ2n) is 7.82. The zero-order valence-electron chi connectivity index (χ0n) is 13.4. The van der Waals surface area contributed by atoms with Crippen molar-refractivity contribution >= 4 is 0 Å². The Balaban J connectivity index is 2.30. The SMILES string of the molecule is CC(C)NCC1CCCCC1CCCC(C)(C)C.